The van der Waals surface area contributed by atoms with E-state index in [1.54, 1.807) is 0 Å². The Labute approximate surface area is 120 Å². The number of benzene rings is 1. The predicted molar refractivity (Wildman–Crippen MR) is 79.2 cm³/mol. The Morgan fingerprint density at radius 3 is 2.85 bits per heavy atom. The lowest BCUT2D eigenvalue weighted by Crippen LogP contribution is -2.45. The van der Waals surface area contributed by atoms with Crippen molar-refractivity contribution in [3.8, 4) is 11.5 Å². The highest BCUT2D eigenvalue weighted by atomic mass is 16.7. The first-order valence-electron chi connectivity index (χ1n) is 7.33. The summed E-state index contributed by atoms with van der Waals surface area (Å²) >= 11 is 0. The van der Waals surface area contributed by atoms with Crippen LogP contribution < -0.4 is 14.8 Å². The molecule has 0 saturated carbocycles. The van der Waals surface area contributed by atoms with Crippen LogP contribution >= 0.6 is 0 Å². The largest absolute Gasteiger partial charge is 0.454 e. The SMILES string of the molecule is C=CCC[C@H](c1ccc2c(c1)OCO2)N1CCNCC1. The van der Waals surface area contributed by atoms with Gasteiger partial charge in [0.05, 0.1) is 0 Å². The molecule has 1 aromatic rings. The average molecular weight is 274 g/mol. The molecule has 1 fully saturated rings. The van der Waals surface area contributed by atoms with E-state index >= 15 is 0 Å². The Balaban J connectivity index is 1.81. The number of hydrogen-bond donors (Lipinski definition) is 1. The van der Waals surface area contributed by atoms with Gasteiger partial charge in [0.15, 0.2) is 11.5 Å². The lowest BCUT2D eigenvalue weighted by Gasteiger charge is -2.35. The summed E-state index contributed by atoms with van der Waals surface area (Å²) in [6, 6.07) is 6.77. The molecule has 20 heavy (non-hydrogen) atoms. The van der Waals surface area contributed by atoms with Gasteiger partial charge in [-0.15, -0.1) is 6.58 Å². The molecule has 2 aliphatic heterocycles. The molecule has 108 valence electrons. The van der Waals surface area contributed by atoms with E-state index in [1.165, 1.54) is 5.56 Å². The minimum absolute atomic E-state index is 0.337. The molecule has 0 bridgehead atoms. The number of ether oxygens (including phenoxy) is 2. The summed E-state index contributed by atoms with van der Waals surface area (Å²) in [4.78, 5) is 2.55. The van der Waals surface area contributed by atoms with Crippen LogP contribution in [-0.4, -0.2) is 37.9 Å². The Hall–Kier alpha value is -1.52. The third-order valence-corrected chi connectivity index (χ3v) is 4.02. The van der Waals surface area contributed by atoms with E-state index in [4.69, 9.17) is 9.47 Å². The first kappa shape index (κ1) is 13.5. The monoisotopic (exact) mass is 274 g/mol. The third kappa shape index (κ3) is 2.81. The molecule has 0 spiro atoms. The fraction of sp³-hybridized carbons (Fsp3) is 0.500. The average Bonchev–Trinajstić information content (AvgIpc) is 2.96. The number of piperazine rings is 1. The molecule has 4 heteroatoms. The molecule has 0 aliphatic carbocycles. The lowest BCUT2D eigenvalue weighted by molar-refractivity contribution is 0.165. The first-order chi connectivity index (χ1) is 9.88. The van der Waals surface area contributed by atoms with Crippen molar-refractivity contribution < 1.29 is 9.47 Å². The van der Waals surface area contributed by atoms with Crippen molar-refractivity contribution in [2.45, 2.75) is 18.9 Å². The van der Waals surface area contributed by atoms with Crippen molar-refractivity contribution in [3.63, 3.8) is 0 Å². The van der Waals surface area contributed by atoms with Gasteiger partial charge in [-0.25, -0.2) is 0 Å². The molecule has 2 heterocycles. The molecule has 0 amide bonds. The summed E-state index contributed by atoms with van der Waals surface area (Å²) in [6.45, 7) is 8.51. The van der Waals surface area contributed by atoms with E-state index in [0.717, 1.165) is 50.5 Å². The fourth-order valence-corrected chi connectivity index (χ4v) is 2.95. The van der Waals surface area contributed by atoms with E-state index in [2.05, 4.69) is 28.9 Å². The molecule has 1 saturated heterocycles. The molecule has 0 aromatic heterocycles. The van der Waals surface area contributed by atoms with Crippen LogP contribution in [0.5, 0.6) is 11.5 Å². The standard InChI is InChI=1S/C16H22N2O2/c1-2-3-4-14(18-9-7-17-8-10-18)13-5-6-15-16(11-13)20-12-19-15/h2,5-6,11,14,17H,1,3-4,7-10,12H2/t14-/m1/s1. The Kier molecular flexibility index (Phi) is 4.23. The molecule has 4 nitrogen and oxygen atoms in total. The molecular formula is C16H22N2O2. The van der Waals surface area contributed by atoms with Crippen molar-refractivity contribution in [1.29, 1.82) is 0 Å². The second-order valence-electron chi connectivity index (χ2n) is 5.28. The quantitative estimate of drug-likeness (QED) is 0.836. The summed E-state index contributed by atoms with van der Waals surface area (Å²) in [5.41, 5.74) is 1.32. The molecule has 3 rings (SSSR count). The Morgan fingerprint density at radius 1 is 1.25 bits per heavy atom. The number of fused-ring (bicyclic) bond motifs is 1. The van der Waals surface area contributed by atoms with Gasteiger partial charge < -0.3 is 14.8 Å². The highest BCUT2D eigenvalue weighted by molar-refractivity contribution is 5.45. The summed E-state index contributed by atoms with van der Waals surface area (Å²) in [5.74, 6) is 1.73. The molecular weight excluding hydrogens is 252 g/mol. The van der Waals surface area contributed by atoms with Crippen LogP contribution in [0.4, 0.5) is 0 Å². The first-order valence-corrected chi connectivity index (χ1v) is 7.33. The maximum Gasteiger partial charge on any atom is 0.231 e. The Bertz CT molecular complexity index is 470. The van der Waals surface area contributed by atoms with Gasteiger partial charge in [0.1, 0.15) is 0 Å². The fourth-order valence-electron chi connectivity index (χ4n) is 2.95. The van der Waals surface area contributed by atoms with Gasteiger partial charge in [-0.1, -0.05) is 12.1 Å². The minimum Gasteiger partial charge on any atom is -0.454 e. The summed E-state index contributed by atoms with van der Waals surface area (Å²) in [6.07, 6.45) is 4.13. The van der Waals surface area contributed by atoms with E-state index in [-0.39, 0.29) is 0 Å². The summed E-state index contributed by atoms with van der Waals surface area (Å²) < 4.78 is 10.9. The van der Waals surface area contributed by atoms with Crippen LogP contribution in [0.25, 0.3) is 0 Å². The van der Waals surface area contributed by atoms with E-state index in [1.807, 2.05) is 12.1 Å². The number of rotatable bonds is 5. The highest BCUT2D eigenvalue weighted by Gasteiger charge is 2.23. The maximum atomic E-state index is 5.51. The third-order valence-electron chi connectivity index (χ3n) is 4.02. The molecule has 1 atom stereocenters. The maximum absolute atomic E-state index is 5.51. The zero-order valence-corrected chi connectivity index (χ0v) is 11.8. The zero-order chi connectivity index (χ0) is 13.8. The molecule has 1 N–H and O–H groups in total. The van der Waals surface area contributed by atoms with Gasteiger partial charge in [0.25, 0.3) is 0 Å². The second-order valence-corrected chi connectivity index (χ2v) is 5.28. The lowest BCUT2D eigenvalue weighted by atomic mass is 9.99. The zero-order valence-electron chi connectivity index (χ0n) is 11.8. The topological polar surface area (TPSA) is 33.7 Å². The van der Waals surface area contributed by atoms with Crippen molar-refractivity contribution in [3.05, 3.63) is 36.4 Å². The van der Waals surface area contributed by atoms with E-state index < -0.39 is 0 Å². The van der Waals surface area contributed by atoms with Crippen LogP contribution in [0.1, 0.15) is 24.4 Å². The van der Waals surface area contributed by atoms with Gasteiger partial charge in [-0.05, 0) is 30.5 Å². The van der Waals surface area contributed by atoms with Gasteiger partial charge in [-0.3, -0.25) is 4.90 Å². The second kappa shape index (κ2) is 6.29. The van der Waals surface area contributed by atoms with Crippen molar-refractivity contribution in [2.75, 3.05) is 33.0 Å². The highest BCUT2D eigenvalue weighted by Crippen LogP contribution is 2.36. The molecule has 1 aromatic carbocycles. The van der Waals surface area contributed by atoms with Gasteiger partial charge in [0, 0.05) is 32.2 Å². The molecule has 2 aliphatic rings. The minimum atomic E-state index is 0.337. The van der Waals surface area contributed by atoms with Crippen molar-refractivity contribution >= 4 is 0 Å². The van der Waals surface area contributed by atoms with Crippen molar-refractivity contribution in [2.24, 2.45) is 0 Å². The summed E-state index contributed by atoms with van der Waals surface area (Å²) in [7, 11) is 0. The van der Waals surface area contributed by atoms with Crippen LogP contribution in [0.15, 0.2) is 30.9 Å². The van der Waals surface area contributed by atoms with E-state index in [9.17, 15) is 0 Å². The number of nitrogens with one attached hydrogen (secondary N) is 1. The molecule has 0 radical (unpaired) electrons. The van der Waals surface area contributed by atoms with Crippen LogP contribution in [-0.2, 0) is 0 Å². The molecule has 0 unspecified atom stereocenters. The van der Waals surface area contributed by atoms with E-state index in [0.29, 0.717) is 12.8 Å². The number of allylic oxidation sites excluding steroid dienone is 1. The smallest absolute Gasteiger partial charge is 0.231 e. The van der Waals surface area contributed by atoms with Gasteiger partial charge in [0.2, 0.25) is 6.79 Å². The summed E-state index contributed by atoms with van der Waals surface area (Å²) in [5, 5.41) is 3.41. The van der Waals surface area contributed by atoms with Crippen LogP contribution in [0.3, 0.4) is 0 Å². The Morgan fingerprint density at radius 2 is 2.05 bits per heavy atom. The van der Waals surface area contributed by atoms with Crippen molar-refractivity contribution in [1.82, 2.24) is 10.2 Å². The normalized spacial score (nSPS) is 19.8. The number of hydrogen-bond acceptors (Lipinski definition) is 4. The van der Waals surface area contributed by atoms with Gasteiger partial charge in [-0.2, -0.15) is 0 Å². The van der Waals surface area contributed by atoms with Crippen LogP contribution in [0.2, 0.25) is 0 Å². The predicted octanol–water partition coefficient (Wildman–Crippen LogP) is 2.33. The van der Waals surface area contributed by atoms with Gasteiger partial charge >= 0.3 is 0 Å². The van der Waals surface area contributed by atoms with Crippen LogP contribution in [0, 0.1) is 0 Å². The number of nitrogens with zero attached hydrogens (tertiary/aromatic N) is 1.